The molecule has 0 bridgehead atoms. The van der Waals surface area contributed by atoms with Gasteiger partial charge in [-0.25, -0.2) is 0 Å². The van der Waals surface area contributed by atoms with E-state index in [0.717, 1.165) is 23.3 Å². The molecule has 0 saturated carbocycles. The van der Waals surface area contributed by atoms with E-state index < -0.39 is 6.10 Å². The quantitative estimate of drug-likeness (QED) is 0.782. The minimum Gasteiger partial charge on any atom is -0.497 e. The van der Waals surface area contributed by atoms with Gasteiger partial charge in [0.2, 0.25) is 0 Å². The lowest BCUT2D eigenvalue weighted by molar-refractivity contribution is -0.0874. The monoisotopic (exact) mass is 340 g/mol. The van der Waals surface area contributed by atoms with Gasteiger partial charge in [0.25, 0.3) is 0 Å². The highest BCUT2D eigenvalue weighted by molar-refractivity contribution is 5.29. The maximum absolute atomic E-state index is 10.4. The van der Waals surface area contributed by atoms with Gasteiger partial charge in [0.05, 0.1) is 26.4 Å². The third kappa shape index (κ3) is 4.92. The molecule has 0 amide bonds. The molecule has 132 valence electrons. The molecule has 2 aromatic carbocycles. The predicted octanol–water partition coefficient (Wildman–Crippen LogP) is 3.66. The summed E-state index contributed by atoms with van der Waals surface area (Å²) in [6.45, 7) is 0.718. The highest BCUT2D eigenvalue weighted by atomic mass is 16.5. The first kappa shape index (κ1) is 17.7. The maximum Gasteiger partial charge on any atom is 0.118 e. The number of aliphatic hydroxyl groups excluding tert-OH is 1. The Morgan fingerprint density at radius 2 is 1.88 bits per heavy atom. The van der Waals surface area contributed by atoms with Crippen LogP contribution in [0.5, 0.6) is 5.75 Å². The molecule has 3 rings (SSSR count). The van der Waals surface area contributed by atoms with Crippen molar-refractivity contribution in [2.45, 2.75) is 31.3 Å². The average Bonchev–Trinajstić information content (AvgIpc) is 2.69. The standard InChI is InChI=1S/C21H24O4/c1-23-18-12-10-17(11-13-18)20-8-5-9-21(25-20)19(22)15-24-14-16-6-3-2-4-7-16/h2-7,9-13,19-22H,8,14-15H2,1H3/t19-,20-,21+/m0/s1. The molecule has 0 aliphatic carbocycles. The van der Waals surface area contributed by atoms with Gasteiger partial charge >= 0.3 is 0 Å². The average molecular weight is 340 g/mol. The van der Waals surface area contributed by atoms with Gasteiger partial charge in [-0.15, -0.1) is 0 Å². The summed E-state index contributed by atoms with van der Waals surface area (Å²) in [4.78, 5) is 0. The van der Waals surface area contributed by atoms with Crippen LogP contribution >= 0.6 is 0 Å². The molecule has 0 unspecified atom stereocenters. The third-order valence-electron chi connectivity index (χ3n) is 4.26. The molecule has 0 aromatic heterocycles. The molecule has 4 heteroatoms. The molecule has 4 nitrogen and oxygen atoms in total. The van der Waals surface area contributed by atoms with Crippen LogP contribution in [0.1, 0.15) is 23.7 Å². The molecule has 2 aromatic rings. The smallest absolute Gasteiger partial charge is 0.118 e. The normalized spacial score (nSPS) is 21.0. The highest BCUT2D eigenvalue weighted by Gasteiger charge is 2.25. The van der Waals surface area contributed by atoms with Crippen LogP contribution in [-0.2, 0) is 16.1 Å². The van der Waals surface area contributed by atoms with Gasteiger partial charge in [0.15, 0.2) is 0 Å². The van der Waals surface area contributed by atoms with Crippen LogP contribution in [0.2, 0.25) is 0 Å². The fraction of sp³-hybridized carbons (Fsp3) is 0.333. The molecule has 1 aliphatic heterocycles. The van der Waals surface area contributed by atoms with Crippen molar-refractivity contribution < 1.29 is 19.3 Å². The lowest BCUT2D eigenvalue weighted by atomic mass is 10.0. The number of benzene rings is 2. The summed E-state index contributed by atoms with van der Waals surface area (Å²) in [5.74, 6) is 0.820. The van der Waals surface area contributed by atoms with Crippen LogP contribution < -0.4 is 4.74 Å². The van der Waals surface area contributed by atoms with Crippen molar-refractivity contribution in [3.05, 3.63) is 77.9 Å². The Morgan fingerprint density at radius 3 is 2.60 bits per heavy atom. The maximum atomic E-state index is 10.4. The number of aliphatic hydroxyl groups is 1. The summed E-state index contributed by atoms with van der Waals surface area (Å²) in [6, 6.07) is 17.8. The SMILES string of the molecule is COc1ccc([C@@H]2CC=C[C@H]([C@@H](O)COCc3ccccc3)O2)cc1. The summed E-state index contributed by atoms with van der Waals surface area (Å²) < 4.78 is 16.9. The Bertz CT molecular complexity index is 666. The zero-order valence-corrected chi connectivity index (χ0v) is 14.4. The van der Waals surface area contributed by atoms with Gasteiger partial charge in [-0.1, -0.05) is 54.6 Å². The number of hydrogen-bond acceptors (Lipinski definition) is 4. The van der Waals surface area contributed by atoms with Gasteiger partial charge in [0.1, 0.15) is 18.0 Å². The summed E-state index contributed by atoms with van der Waals surface area (Å²) >= 11 is 0. The van der Waals surface area contributed by atoms with E-state index in [1.54, 1.807) is 7.11 Å². The Kier molecular flexibility index (Phi) is 6.23. The second-order valence-electron chi connectivity index (χ2n) is 6.09. The number of ether oxygens (including phenoxy) is 3. The number of methoxy groups -OCH3 is 1. The fourth-order valence-corrected chi connectivity index (χ4v) is 2.85. The first-order valence-corrected chi connectivity index (χ1v) is 8.52. The Morgan fingerprint density at radius 1 is 1.12 bits per heavy atom. The molecule has 0 fully saturated rings. The third-order valence-corrected chi connectivity index (χ3v) is 4.26. The van der Waals surface area contributed by atoms with E-state index in [0.29, 0.717) is 6.61 Å². The first-order chi connectivity index (χ1) is 12.3. The zero-order chi connectivity index (χ0) is 17.5. The molecule has 1 aliphatic rings. The molecule has 0 spiro atoms. The number of rotatable bonds is 7. The van der Waals surface area contributed by atoms with Crippen LogP contribution in [0.4, 0.5) is 0 Å². The Labute approximate surface area is 148 Å². The van der Waals surface area contributed by atoms with Crippen LogP contribution in [0, 0.1) is 0 Å². The zero-order valence-electron chi connectivity index (χ0n) is 14.4. The van der Waals surface area contributed by atoms with E-state index in [-0.39, 0.29) is 18.8 Å². The Balaban J connectivity index is 1.51. The van der Waals surface area contributed by atoms with Crippen molar-refractivity contribution in [3.63, 3.8) is 0 Å². The van der Waals surface area contributed by atoms with Crippen LogP contribution in [0.15, 0.2) is 66.7 Å². The Hall–Kier alpha value is -2.14. The van der Waals surface area contributed by atoms with E-state index >= 15 is 0 Å². The van der Waals surface area contributed by atoms with Crippen molar-refractivity contribution in [1.29, 1.82) is 0 Å². The minimum absolute atomic E-state index is 0.0651. The van der Waals surface area contributed by atoms with Crippen molar-refractivity contribution >= 4 is 0 Å². The number of hydrogen-bond donors (Lipinski definition) is 1. The van der Waals surface area contributed by atoms with Crippen LogP contribution in [0.3, 0.4) is 0 Å². The first-order valence-electron chi connectivity index (χ1n) is 8.52. The lowest BCUT2D eigenvalue weighted by Crippen LogP contribution is -2.34. The van der Waals surface area contributed by atoms with Gasteiger partial charge in [-0.05, 0) is 29.7 Å². The topological polar surface area (TPSA) is 47.9 Å². The van der Waals surface area contributed by atoms with Gasteiger partial charge in [-0.3, -0.25) is 0 Å². The molecule has 25 heavy (non-hydrogen) atoms. The summed E-state index contributed by atoms with van der Waals surface area (Å²) in [5, 5.41) is 10.4. The highest BCUT2D eigenvalue weighted by Crippen LogP contribution is 2.29. The van der Waals surface area contributed by atoms with E-state index in [9.17, 15) is 5.11 Å². The summed E-state index contributed by atoms with van der Waals surface area (Å²) in [7, 11) is 1.65. The fourth-order valence-electron chi connectivity index (χ4n) is 2.85. The summed E-state index contributed by atoms with van der Waals surface area (Å²) in [6.07, 6.45) is 3.64. The van der Waals surface area contributed by atoms with Crippen LogP contribution in [0.25, 0.3) is 0 Å². The second kappa shape index (κ2) is 8.81. The molecule has 1 heterocycles. The summed E-state index contributed by atoms with van der Waals surface area (Å²) in [5.41, 5.74) is 2.17. The van der Waals surface area contributed by atoms with E-state index in [4.69, 9.17) is 14.2 Å². The van der Waals surface area contributed by atoms with E-state index in [2.05, 4.69) is 6.08 Å². The van der Waals surface area contributed by atoms with Gasteiger partial charge in [0, 0.05) is 0 Å². The van der Waals surface area contributed by atoms with Gasteiger partial charge in [-0.2, -0.15) is 0 Å². The second-order valence-corrected chi connectivity index (χ2v) is 6.09. The lowest BCUT2D eigenvalue weighted by Gasteiger charge is -2.29. The molecular weight excluding hydrogens is 316 g/mol. The van der Waals surface area contributed by atoms with Crippen molar-refractivity contribution in [2.75, 3.05) is 13.7 Å². The van der Waals surface area contributed by atoms with Crippen molar-refractivity contribution in [2.24, 2.45) is 0 Å². The predicted molar refractivity (Wildman–Crippen MR) is 96.5 cm³/mol. The van der Waals surface area contributed by atoms with E-state index in [1.165, 1.54) is 0 Å². The van der Waals surface area contributed by atoms with Crippen molar-refractivity contribution in [3.8, 4) is 5.75 Å². The van der Waals surface area contributed by atoms with E-state index in [1.807, 2.05) is 60.7 Å². The van der Waals surface area contributed by atoms with Crippen molar-refractivity contribution in [1.82, 2.24) is 0 Å². The molecule has 0 saturated heterocycles. The molecular formula is C21H24O4. The van der Waals surface area contributed by atoms with Crippen LogP contribution in [-0.4, -0.2) is 31.0 Å². The molecule has 1 N–H and O–H groups in total. The van der Waals surface area contributed by atoms with Gasteiger partial charge < -0.3 is 19.3 Å². The largest absolute Gasteiger partial charge is 0.497 e. The molecule has 0 radical (unpaired) electrons. The molecule has 3 atom stereocenters. The minimum atomic E-state index is -0.694.